The van der Waals surface area contributed by atoms with E-state index in [1.807, 2.05) is 0 Å². The number of hydrogen-bond donors (Lipinski definition) is 3. The summed E-state index contributed by atoms with van der Waals surface area (Å²) in [5, 5.41) is 5.77. The van der Waals surface area contributed by atoms with Crippen molar-refractivity contribution in [3.05, 3.63) is 29.8 Å². The van der Waals surface area contributed by atoms with Gasteiger partial charge in [-0.2, -0.15) is 0 Å². The number of amides is 2. The second-order valence-corrected chi connectivity index (χ2v) is 8.50. The van der Waals surface area contributed by atoms with E-state index in [1.54, 1.807) is 24.3 Å². The largest absolute Gasteiger partial charge is 0.399 e. The lowest BCUT2D eigenvalue weighted by Crippen LogP contribution is -2.52. The lowest BCUT2D eigenvalue weighted by atomic mass is 9.49. The van der Waals surface area contributed by atoms with Crippen LogP contribution in [-0.4, -0.2) is 24.9 Å². The molecule has 0 atom stereocenters. The average Bonchev–Trinajstić information content (AvgIpc) is 2.57. The predicted molar refractivity (Wildman–Crippen MR) is 96.8 cm³/mol. The van der Waals surface area contributed by atoms with Crippen LogP contribution < -0.4 is 16.4 Å². The van der Waals surface area contributed by atoms with Gasteiger partial charge in [0.05, 0.1) is 6.54 Å². The third-order valence-corrected chi connectivity index (χ3v) is 6.41. The van der Waals surface area contributed by atoms with Crippen LogP contribution >= 0.6 is 0 Å². The fourth-order valence-corrected chi connectivity index (χ4v) is 5.75. The Kier molecular flexibility index (Phi) is 4.18. The van der Waals surface area contributed by atoms with E-state index in [2.05, 4.69) is 10.6 Å². The van der Waals surface area contributed by atoms with Gasteiger partial charge in [0, 0.05) is 17.8 Å². The number of benzene rings is 1. The van der Waals surface area contributed by atoms with E-state index >= 15 is 0 Å². The van der Waals surface area contributed by atoms with Gasteiger partial charge in [-0.05, 0) is 86.0 Å². The van der Waals surface area contributed by atoms with Crippen molar-refractivity contribution in [2.75, 3.05) is 18.8 Å². The third-order valence-electron chi connectivity index (χ3n) is 6.41. The van der Waals surface area contributed by atoms with Crippen molar-refractivity contribution < 1.29 is 9.59 Å². The molecule has 0 aliphatic heterocycles. The first-order valence-electron chi connectivity index (χ1n) is 9.42. The Bertz CT molecular complexity index is 633. The highest BCUT2D eigenvalue weighted by molar-refractivity contribution is 5.96. The second-order valence-electron chi connectivity index (χ2n) is 8.50. The zero-order valence-electron chi connectivity index (χ0n) is 14.6. The molecule has 0 aromatic heterocycles. The minimum atomic E-state index is -0.245. The standard InChI is InChI=1S/C20H27N3O2/c21-17-3-1-16(2-4-17)19(25)22-11-18(24)23-12-20-8-13-5-14(9-20)7-15(6-13)10-20/h1-4,13-15H,5-12,21H2,(H,22,25)(H,23,24). The molecular weight excluding hydrogens is 314 g/mol. The minimum absolute atomic E-state index is 0.0234. The molecule has 4 fully saturated rings. The zero-order valence-corrected chi connectivity index (χ0v) is 14.6. The molecular formula is C20H27N3O2. The summed E-state index contributed by atoms with van der Waals surface area (Å²) in [6, 6.07) is 6.69. The normalized spacial score (nSPS) is 32.4. The molecule has 0 saturated heterocycles. The van der Waals surface area contributed by atoms with Crippen LogP contribution in [0.4, 0.5) is 5.69 Å². The molecule has 25 heavy (non-hydrogen) atoms. The van der Waals surface area contributed by atoms with Crippen LogP contribution in [0.1, 0.15) is 48.9 Å². The Labute approximate surface area is 148 Å². The van der Waals surface area contributed by atoms with E-state index in [4.69, 9.17) is 5.73 Å². The summed E-state index contributed by atoms with van der Waals surface area (Å²) in [4.78, 5) is 24.2. The van der Waals surface area contributed by atoms with Crippen molar-refractivity contribution in [2.24, 2.45) is 23.2 Å². The van der Waals surface area contributed by atoms with Crippen LogP contribution in [0.15, 0.2) is 24.3 Å². The number of carbonyl (C=O) groups is 2. The second kappa shape index (κ2) is 6.36. The zero-order chi connectivity index (χ0) is 17.4. The van der Waals surface area contributed by atoms with Gasteiger partial charge < -0.3 is 16.4 Å². The molecule has 4 saturated carbocycles. The summed E-state index contributed by atoms with van der Waals surface area (Å²) < 4.78 is 0. The van der Waals surface area contributed by atoms with Crippen molar-refractivity contribution in [3.8, 4) is 0 Å². The highest BCUT2D eigenvalue weighted by atomic mass is 16.2. The Hall–Kier alpha value is -2.04. The Morgan fingerprint density at radius 1 is 0.960 bits per heavy atom. The molecule has 4 bridgehead atoms. The van der Waals surface area contributed by atoms with Crippen LogP contribution in [-0.2, 0) is 4.79 Å². The maximum Gasteiger partial charge on any atom is 0.251 e. The van der Waals surface area contributed by atoms with Crippen LogP contribution in [0, 0.1) is 23.2 Å². The van der Waals surface area contributed by atoms with E-state index in [1.165, 1.54) is 38.5 Å². The monoisotopic (exact) mass is 341 g/mol. The van der Waals surface area contributed by atoms with Gasteiger partial charge in [-0.3, -0.25) is 9.59 Å². The number of nitrogens with one attached hydrogen (secondary N) is 2. The third kappa shape index (κ3) is 3.51. The van der Waals surface area contributed by atoms with Gasteiger partial charge >= 0.3 is 0 Å². The van der Waals surface area contributed by atoms with Crippen molar-refractivity contribution in [2.45, 2.75) is 38.5 Å². The molecule has 5 heteroatoms. The number of nitrogen functional groups attached to an aromatic ring is 1. The van der Waals surface area contributed by atoms with Crippen molar-refractivity contribution >= 4 is 17.5 Å². The molecule has 0 radical (unpaired) electrons. The molecule has 1 aromatic carbocycles. The van der Waals surface area contributed by atoms with Crippen LogP contribution in [0.3, 0.4) is 0 Å². The van der Waals surface area contributed by atoms with Gasteiger partial charge in [0.15, 0.2) is 0 Å². The van der Waals surface area contributed by atoms with Crippen molar-refractivity contribution in [1.29, 1.82) is 0 Å². The van der Waals surface area contributed by atoms with Crippen LogP contribution in [0.25, 0.3) is 0 Å². The fraction of sp³-hybridized carbons (Fsp3) is 0.600. The smallest absolute Gasteiger partial charge is 0.251 e. The van der Waals surface area contributed by atoms with Gasteiger partial charge in [-0.25, -0.2) is 0 Å². The van der Waals surface area contributed by atoms with Gasteiger partial charge in [0.25, 0.3) is 5.91 Å². The maximum absolute atomic E-state index is 12.2. The maximum atomic E-state index is 12.2. The van der Waals surface area contributed by atoms with Crippen molar-refractivity contribution in [1.82, 2.24) is 10.6 Å². The summed E-state index contributed by atoms with van der Waals surface area (Å²) in [5.74, 6) is 2.31. The molecule has 2 amide bonds. The highest BCUT2D eigenvalue weighted by Crippen LogP contribution is 2.59. The summed E-state index contributed by atoms with van der Waals surface area (Å²) in [6.45, 7) is 0.794. The molecule has 4 aliphatic carbocycles. The lowest BCUT2D eigenvalue weighted by molar-refractivity contribution is -0.122. The van der Waals surface area contributed by atoms with Crippen molar-refractivity contribution in [3.63, 3.8) is 0 Å². The SMILES string of the molecule is Nc1ccc(C(=O)NCC(=O)NCC23CC4CC(CC(C4)C2)C3)cc1. The summed E-state index contributed by atoms with van der Waals surface area (Å²) >= 11 is 0. The van der Waals surface area contributed by atoms with E-state index < -0.39 is 0 Å². The fourth-order valence-electron chi connectivity index (χ4n) is 5.75. The summed E-state index contributed by atoms with van der Waals surface area (Å²) in [5.41, 5.74) is 7.07. The first-order valence-corrected chi connectivity index (χ1v) is 9.42. The average molecular weight is 341 g/mol. The van der Waals surface area contributed by atoms with Gasteiger partial charge in [0.1, 0.15) is 0 Å². The van der Waals surface area contributed by atoms with Gasteiger partial charge in [-0.15, -0.1) is 0 Å². The Morgan fingerprint density at radius 2 is 1.52 bits per heavy atom. The lowest BCUT2D eigenvalue weighted by Gasteiger charge is -2.56. The molecule has 5 rings (SSSR count). The van der Waals surface area contributed by atoms with Crippen LogP contribution in [0.5, 0.6) is 0 Å². The molecule has 0 unspecified atom stereocenters. The Balaban J connectivity index is 1.26. The quantitative estimate of drug-likeness (QED) is 0.719. The van der Waals surface area contributed by atoms with Gasteiger partial charge in [-0.1, -0.05) is 0 Å². The minimum Gasteiger partial charge on any atom is -0.399 e. The molecule has 1 aromatic rings. The molecule has 0 heterocycles. The molecule has 0 spiro atoms. The van der Waals surface area contributed by atoms with E-state index in [9.17, 15) is 9.59 Å². The number of rotatable bonds is 5. The highest BCUT2D eigenvalue weighted by Gasteiger charge is 2.50. The predicted octanol–water partition coefficient (Wildman–Crippen LogP) is 2.33. The van der Waals surface area contributed by atoms with E-state index in [0.29, 0.717) is 16.7 Å². The number of hydrogen-bond acceptors (Lipinski definition) is 3. The number of carbonyl (C=O) groups excluding carboxylic acids is 2. The molecule has 5 nitrogen and oxygen atoms in total. The van der Waals surface area contributed by atoms with E-state index in [0.717, 1.165) is 24.3 Å². The Morgan fingerprint density at radius 3 is 2.08 bits per heavy atom. The molecule has 4 N–H and O–H groups in total. The first-order chi connectivity index (χ1) is 12.0. The summed E-state index contributed by atoms with van der Waals surface area (Å²) in [7, 11) is 0. The topological polar surface area (TPSA) is 84.2 Å². The van der Waals surface area contributed by atoms with E-state index in [-0.39, 0.29) is 18.4 Å². The first kappa shape index (κ1) is 16.4. The van der Waals surface area contributed by atoms with Crippen LogP contribution in [0.2, 0.25) is 0 Å². The van der Waals surface area contributed by atoms with Gasteiger partial charge in [0.2, 0.25) is 5.91 Å². The number of nitrogens with two attached hydrogens (primary N) is 1. The molecule has 134 valence electrons. The summed E-state index contributed by atoms with van der Waals surface area (Å²) in [6.07, 6.45) is 8.05. The molecule has 4 aliphatic rings. The number of anilines is 1.